The van der Waals surface area contributed by atoms with Crippen LogP contribution < -0.4 is 0 Å². The molecule has 0 amide bonds. The van der Waals surface area contributed by atoms with Crippen LogP contribution in [0.2, 0.25) is 0 Å². The average molecular weight is 270 g/mol. The minimum atomic E-state index is -0.623. The summed E-state index contributed by atoms with van der Waals surface area (Å²) >= 11 is 0. The third-order valence-electron chi connectivity index (χ3n) is 2.88. The summed E-state index contributed by atoms with van der Waals surface area (Å²) in [6, 6.07) is -6.17. The Morgan fingerprint density at radius 1 is 0.600 bits per heavy atom. The van der Waals surface area contributed by atoms with Gasteiger partial charge in [-0.2, -0.15) is 0 Å². The topological polar surface area (TPSA) is 0 Å². The van der Waals surface area contributed by atoms with Gasteiger partial charge in [0.1, 0.15) is 0 Å². The summed E-state index contributed by atoms with van der Waals surface area (Å²) in [6.07, 6.45) is 0. The van der Waals surface area contributed by atoms with Crippen LogP contribution in [0.25, 0.3) is 22.3 Å². The van der Waals surface area contributed by atoms with Gasteiger partial charge in [0.25, 0.3) is 0 Å². The Morgan fingerprint density at radius 3 is 1.75 bits per heavy atom. The molecular formula is C20H18. The van der Waals surface area contributed by atoms with Gasteiger partial charge < -0.3 is 0 Å². The van der Waals surface area contributed by atoms with Gasteiger partial charge in [-0.1, -0.05) is 78.1 Å². The van der Waals surface area contributed by atoms with Gasteiger partial charge in [0.05, 0.1) is 16.4 Å². The van der Waals surface area contributed by atoms with E-state index in [0.29, 0.717) is 0 Å². The zero-order valence-corrected chi connectivity index (χ0v) is 11.0. The number of rotatable bonds is 2. The molecule has 98 valence electrons. The second kappa shape index (κ2) is 5.34. The Balaban J connectivity index is 2.59. The molecule has 0 fully saturated rings. The molecule has 20 heavy (non-hydrogen) atoms. The lowest BCUT2D eigenvalue weighted by Gasteiger charge is -2.12. The van der Waals surface area contributed by atoms with E-state index >= 15 is 0 Å². The Labute approximate surface area is 137 Å². The fourth-order valence-electron chi connectivity index (χ4n) is 1.84. The Hall–Kier alpha value is -2.34. The third-order valence-corrected chi connectivity index (χ3v) is 2.88. The summed E-state index contributed by atoms with van der Waals surface area (Å²) in [5.41, 5.74) is -0.729. The van der Waals surface area contributed by atoms with Gasteiger partial charge in [-0.25, -0.2) is 0 Å². The lowest BCUT2D eigenvalue weighted by molar-refractivity contribution is 1.42. The summed E-state index contributed by atoms with van der Waals surface area (Å²) in [5, 5.41) is 0. The standard InChI is InChI=1S/C20H18/c1-15-11-13-18(14-12-15)20-10-6-9-19(16(20)2)17-7-4-3-5-8-17/h3-14H,1-2H3/i3D,4D,5D,6D,7D,8D,9D,10D,11D,12D,13D,14D. The fourth-order valence-corrected chi connectivity index (χ4v) is 1.84. The first-order valence-corrected chi connectivity index (χ1v) is 6.00. The van der Waals surface area contributed by atoms with Crippen molar-refractivity contribution in [3.63, 3.8) is 0 Å². The van der Waals surface area contributed by atoms with Crippen LogP contribution in [0.1, 0.15) is 27.6 Å². The smallest absolute Gasteiger partial charge is 0.0622 e. The van der Waals surface area contributed by atoms with E-state index in [1.165, 1.54) is 13.8 Å². The average Bonchev–Trinajstić information content (AvgIpc) is 2.76. The first kappa shape index (κ1) is 4.89. The van der Waals surface area contributed by atoms with Crippen LogP contribution in [0.4, 0.5) is 0 Å². The predicted octanol–water partition coefficient (Wildman–Crippen LogP) is 5.64. The molecule has 0 heterocycles. The first-order valence-electron chi connectivity index (χ1n) is 12.0. The van der Waals surface area contributed by atoms with Gasteiger partial charge in [-0.15, -0.1) is 0 Å². The van der Waals surface area contributed by atoms with E-state index in [1.54, 1.807) is 0 Å². The molecule has 3 rings (SSSR count). The van der Waals surface area contributed by atoms with Gasteiger partial charge in [-0.3, -0.25) is 0 Å². The number of hydrogen-bond donors (Lipinski definition) is 0. The molecule has 0 bridgehead atoms. The maximum atomic E-state index is 8.39. The molecular weight excluding hydrogens is 240 g/mol. The maximum Gasteiger partial charge on any atom is 0.0629 e. The van der Waals surface area contributed by atoms with E-state index in [2.05, 4.69) is 0 Å². The summed E-state index contributed by atoms with van der Waals surface area (Å²) in [4.78, 5) is 0. The minimum absolute atomic E-state index is 0.0548. The summed E-state index contributed by atoms with van der Waals surface area (Å²) in [7, 11) is 0. The first-order chi connectivity index (χ1) is 14.7. The summed E-state index contributed by atoms with van der Waals surface area (Å²) < 4.78 is 98.1. The largest absolute Gasteiger partial charge is 0.0629 e. The van der Waals surface area contributed by atoms with Gasteiger partial charge >= 0.3 is 0 Å². The van der Waals surface area contributed by atoms with E-state index in [1.807, 2.05) is 0 Å². The Kier molecular flexibility index (Phi) is 1.31. The summed E-state index contributed by atoms with van der Waals surface area (Å²) in [5.74, 6) is 0. The van der Waals surface area contributed by atoms with Crippen molar-refractivity contribution in [3.05, 3.63) is 83.6 Å². The molecule has 0 saturated heterocycles. The van der Waals surface area contributed by atoms with Gasteiger partial charge in [0.15, 0.2) is 0 Å². The molecule has 0 atom stereocenters. The minimum Gasteiger partial charge on any atom is -0.0622 e. The SMILES string of the molecule is [2H]c1c([2H])c([2H])c(-c2c([2H])c([2H])c([2H])c(-c3c([2H])c([2H])c(C)c([2H])c3[2H])c2C)c([2H])c1[2H]. The van der Waals surface area contributed by atoms with E-state index in [9.17, 15) is 0 Å². The van der Waals surface area contributed by atoms with Crippen LogP contribution in [0, 0.1) is 13.8 Å². The number of benzene rings is 3. The van der Waals surface area contributed by atoms with Crippen molar-refractivity contribution in [2.24, 2.45) is 0 Å². The number of hydrogen-bond acceptors (Lipinski definition) is 0. The van der Waals surface area contributed by atoms with Crippen LogP contribution >= 0.6 is 0 Å². The molecule has 0 aliphatic carbocycles. The molecule has 0 aliphatic rings. The van der Waals surface area contributed by atoms with Crippen molar-refractivity contribution in [1.82, 2.24) is 0 Å². The second-order valence-electron chi connectivity index (χ2n) is 4.25. The van der Waals surface area contributed by atoms with E-state index in [4.69, 9.17) is 16.4 Å². The van der Waals surface area contributed by atoms with Gasteiger partial charge in [0.2, 0.25) is 0 Å². The van der Waals surface area contributed by atoms with Crippen molar-refractivity contribution in [1.29, 1.82) is 0 Å². The molecule has 0 aliphatic heterocycles. The maximum absolute atomic E-state index is 8.39. The van der Waals surface area contributed by atoms with Crippen LogP contribution in [0.5, 0.6) is 0 Å². The molecule has 0 aromatic heterocycles. The molecule has 0 radical (unpaired) electrons. The molecule has 3 aromatic rings. The highest BCUT2D eigenvalue weighted by Gasteiger charge is 2.07. The van der Waals surface area contributed by atoms with E-state index in [-0.39, 0.29) is 45.5 Å². The van der Waals surface area contributed by atoms with Crippen LogP contribution in [0.15, 0.2) is 72.5 Å². The molecule has 3 aromatic carbocycles. The van der Waals surface area contributed by atoms with Crippen LogP contribution in [0.3, 0.4) is 0 Å². The highest BCUT2D eigenvalue weighted by molar-refractivity contribution is 5.78. The molecule has 0 unspecified atom stereocenters. The lowest BCUT2D eigenvalue weighted by atomic mass is 9.92. The summed E-state index contributed by atoms with van der Waals surface area (Å²) in [6.45, 7) is 2.84. The van der Waals surface area contributed by atoms with Crippen LogP contribution in [-0.4, -0.2) is 0 Å². The van der Waals surface area contributed by atoms with Crippen molar-refractivity contribution >= 4 is 0 Å². The highest BCUT2D eigenvalue weighted by Crippen LogP contribution is 2.31. The molecule has 0 nitrogen and oxygen atoms in total. The van der Waals surface area contributed by atoms with Crippen molar-refractivity contribution < 1.29 is 16.4 Å². The lowest BCUT2D eigenvalue weighted by Crippen LogP contribution is -1.88. The normalized spacial score (nSPS) is 18.9. The quantitative estimate of drug-likeness (QED) is 0.565. The predicted molar refractivity (Wildman–Crippen MR) is 86.8 cm³/mol. The van der Waals surface area contributed by atoms with Gasteiger partial charge in [-0.05, 0) is 41.7 Å². The fraction of sp³-hybridized carbons (Fsp3) is 0.100. The Morgan fingerprint density at radius 2 is 1.15 bits per heavy atom. The van der Waals surface area contributed by atoms with Crippen LogP contribution in [-0.2, 0) is 0 Å². The highest BCUT2D eigenvalue weighted by atomic mass is 14.1. The monoisotopic (exact) mass is 270 g/mol. The molecule has 0 heteroatoms. The molecule has 0 saturated carbocycles. The van der Waals surface area contributed by atoms with E-state index < -0.39 is 60.4 Å². The second-order valence-corrected chi connectivity index (χ2v) is 4.25. The van der Waals surface area contributed by atoms with E-state index in [0.717, 1.165) is 0 Å². The zero-order chi connectivity index (χ0) is 24.4. The zero-order valence-electron chi connectivity index (χ0n) is 23.0. The van der Waals surface area contributed by atoms with Crippen molar-refractivity contribution in [3.8, 4) is 22.3 Å². The van der Waals surface area contributed by atoms with Gasteiger partial charge in [0, 0.05) is 0 Å². The van der Waals surface area contributed by atoms with Crippen molar-refractivity contribution in [2.45, 2.75) is 13.8 Å². The molecule has 0 N–H and O–H groups in total. The van der Waals surface area contributed by atoms with Crippen molar-refractivity contribution in [2.75, 3.05) is 0 Å². The Bertz CT molecular complexity index is 1150. The molecule has 0 spiro atoms. The third kappa shape index (κ3) is 2.37.